The SMILES string of the molecule is C=C(CCC(=O)C(=[N+]=[N-])S(=O)(=O)c1c(C)cc(C)cc1C)c1ccc(OC(=O)c2ccccc2)c(OC(=O)c2ccccc2)c1. The second-order valence-corrected chi connectivity index (χ2v) is 12.1. The van der Waals surface area contributed by atoms with E-state index in [1.807, 2.05) is 6.92 Å². The number of allylic oxidation sites excluding steroid dienone is 1. The smallest absolute Gasteiger partial charge is 0.419 e. The molecule has 0 radical (unpaired) electrons. The topological polar surface area (TPSA) is 140 Å². The lowest BCUT2D eigenvalue weighted by Gasteiger charge is -2.14. The van der Waals surface area contributed by atoms with E-state index in [1.165, 1.54) is 12.1 Å². The normalized spacial score (nSPS) is 10.8. The molecule has 0 heterocycles. The van der Waals surface area contributed by atoms with Crippen LogP contribution in [-0.4, -0.2) is 36.0 Å². The Morgan fingerprint density at radius 3 is 1.73 bits per heavy atom. The van der Waals surface area contributed by atoms with Gasteiger partial charge in [0, 0.05) is 6.42 Å². The van der Waals surface area contributed by atoms with Crippen molar-refractivity contribution in [2.24, 2.45) is 0 Å². The van der Waals surface area contributed by atoms with Gasteiger partial charge in [0.1, 0.15) is 0 Å². The van der Waals surface area contributed by atoms with Crippen LogP contribution in [0.4, 0.5) is 0 Å². The van der Waals surface area contributed by atoms with Crippen molar-refractivity contribution in [1.82, 2.24) is 0 Å². The van der Waals surface area contributed by atoms with Crippen molar-refractivity contribution >= 4 is 38.2 Å². The Bertz CT molecular complexity index is 1940. The van der Waals surface area contributed by atoms with E-state index >= 15 is 0 Å². The van der Waals surface area contributed by atoms with Crippen LogP contribution in [0.3, 0.4) is 0 Å². The summed E-state index contributed by atoms with van der Waals surface area (Å²) < 4.78 is 37.8. The summed E-state index contributed by atoms with van der Waals surface area (Å²) in [6, 6.07) is 24.3. The lowest BCUT2D eigenvalue weighted by Crippen LogP contribution is -2.27. The molecule has 0 bridgehead atoms. The van der Waals surface area contributed by atoms with Gasteiger partial charge in [-0.2, -0.15) is 0 Å². The maximum Gasteiger partial charge on any atom is 0.451 e. The predicted molar refractivity (Wildman–Crippen MR) is 169 cm³/mol. The molecular formula is C35H30N2O7S. The fraction of sp³-hybridized carbons (Fsp3) is 0.143. The van der Waals surface area contributed by atoms with Crippen molar-refractivity contribution in [3.63, 3.8) is 0 Å². The molecule has 4 aromatic rings. The van der Waals surface area contributed by atoms with E-state index in [4.69, 9.17) is 9.47 Å². The quantitative estimate of drug-likeness (QED) is 0.0490. The highest BCUT2D eigenvalue weighted by atomic mass is 32.2. The molecule has 0 aliphatic heterocycles. The summed E-state index contributed by atoms with van der Waals surface area (Å²) in [5, 5.41) is -0.967. The van der Waals surface area contributed by atoms with Gasteiger partial charge >= 0.3 is 17.0 Å². The third kappa shape index (κ3) is 7.56. The van der Waals surface area contributed by atoms with Crippen molar-refractivity contribution in [2.45, 2.75) is 38.5 Å². The highest BCUT2D eigenvalue weighted by Gasteiger charge is 2.39. The number of hydrogen-bond acceptors (Lipinski definition) is 7. The number of ether oxygens (including phenoxy) is 2. The number of ketones is 1. The summed E-state index contributed by atoms with van der Waals surface area (Å²) >= 11 is 0. The Morgan fingerprint density at radius 1 is 0.711 bits per heavy atom. The molecule has 0 saturated carbocycles. The molecule has 4 rings (SSSR count). The maximum absolute atomic E-state index is 13.3. The second-order valence-electron chi connectivity index (χ2n) is 10.3. The fourth-order valence-electron chi connectivity index (χ4n) is 4.82. The molecule has 4 aromatic carbocycles. The molecule has 0 saturated heterocycles. The van der Waals surface area contributed by atoms with Crippen LogP contribution in [0.25, 0.3) is 11.1 Å². The summed E-state index contributed by atoms with van der Waals surface area (Å²) in [6.45, 7) is 9.04. The highest BCUT2D eigenvalue weighted by Crippen LogP contribution is 2.33. The minimum Gasteiger partial charge on any atom is -0.419 e. The molecule has 0 amide bonds. The minimum atomic E-state index is -4.41. The van der Waals surface area contributed by atoms with Crippen LogP contribution >= 0.6 is 0 Å². The summed E-state index contributed by atoms with van der Waals surface area (Å²) in [5.41, 5.74) is 12.7. The molecule has 0 aliphatic rings. The Morgan fingerprint density at radius 2 is 1.22 bits per heavy atom. The predicted octanol–water partition coefficient (Wildman–Crippen LogP) is 6.51. The average Bonchev–Trinajstić information content (AvgIpc) is 3.01. The zero-order chi connectivity index (χ0) is 32.7. The number of hydrogen-bond donors (Lipinski definition) is 0. The van der Waals surface area contributed by atoms with Gasteiger partial charge in [0.25, 0.3) is 15.6 Å². The van der Waals surface area contributed by atoms with Gasteiger partial charge in [0.15, 0.2) is 11.5 Å². The third-order valence-corrected chi connectivity index (χ3v) is 8.89. The van der Waals surface area contributed by atoms with Crippen LogP contribution in [0.1, 0.15) is 55.8 Å². The Balaban J connectivity index is 1.56. The van der Waals surface area contributed by atoms with Gasteiger partial charge in [-0.05, 0) is 85.9 Å². The monoisotopic (exact) mass is 622 g/mol. The molecule has 0 N–H and O–H groups in total. The van der Waals surface area contributed by atoms with Gasteiger partial charge in [-0.15, -0.1) is 4.79 Å². The first-order valence-electron chi connectivity index (χ1n) is 13.9. The summed E-state index contributed by atoms with van der Waals surface area (Å²) in [4.78, 5) is 41.5. The first-order valence-corrected chi connectivity index (χ1v) is 15.4. The van der Waals surface area contributed by atoms with E-state index < -0.39 is 32.6 Å². The van der Waals surface area contributed by atoms with Crippen molar-refractivity contribution in [1.29, 1.82) is 0 Å². The number of benzene rings is 4. The Labute approximate surface area is 261 Å². The number of carbonyl (C=O) groups is 3. The molecule has 0 fully saturated rings. The van der Waals surface area contributed by atoms with E-state index in [-0.39, 0.29) is 40.4 Å². The molecule has 9 nitrogen and oxygen atoms in total. The van der Waals surface area contributed by atoms with E-state index in [1.54, 1.807) is 92.7 Å². The number of carbonyl (C=O) groups excluding carboxylic acids is 3. The number of sulfone groups is 1. The van der Waals surface area contributed by atoms with E-state index in [9.17, 15) is 28.3 Å². The number of rotatable bonds is 10. The van der Waals surface area contributed by atoms with Crippen LogP contribution in [0.5, 0.6) is 11.5 Å². The lowest BCUT2D eigenvalue weighted by molar-refractivity contribution is -0.116. The van der Waals surface area contributed by atoms with Gasteiger partial charge in [0.2, 0.25) is 0 Å². The number of esters is 2. The van der Waals surface area contributed by atoms with Gasteiger partial charge in [-0.1, -0.05) is 66.7 Å². The molecule has 228 valence electrons. The van der Waals surface area contributed by atoms with Crippen LogP contribution in [0.2, 0.25) is 0 Å². The van der Waals surface area contributed by atoms with E-state index in [0.29, 0.717) is 22.3 Å². The number of Topliss-reactive ketones (excluding diaryl/α,β-unsaturated/α-hetero) is 1. The van der Waals surface area contributed by atoms with Crippen LogP contribution in [0.15, 0.2) is 102 Å². The fourth-order valence-corrected chi connectivity index (χ4v) is 6.49. The average molecular weight is 623 g/mol. The zero-order valence-corrected chi connectivity index (χ0v) is 25.8. The summed E-state index contributed by atoms with van der Waals surface area (Å²) in [7, 11) is -4.41. The van der Waals surface area contributed by atoms with Crippen LogP contribution in [0, 0.1) is 20.8 Å². The van der Waals surface area contributed by atoms with E-state index in [2.05, 4.69) is 11.4 Å². The standard InChI is InChI=1S/C35H30N2O7S/c1-22-19-24(3)32(25(4)20-22)45(41,42)33(37-36)29(38)17-15-23(2)28-16-18-30(43-34(39)26-11-7-5-8-12-26)31(21-28)44-35(40)27-13-9-6-10-14-27/h5-14,16,18-21H,2,15,17H2,1,3-4H3. The summed E-state index contributed by atoms with van der Waals surface area (Å²) in [5.74, 6) is -2.35. The third-order valence-electron chi connectivity index (χ3n) is 6.89. The first kappa shape index (κ1) is 32.5. The maximum atomic E-state index is 13.3. The van der Waals surface area contributed by atoms with Crippen molar-refractivity contribution < 1.29 is 37.1 Å². The van der Waals surface area contributed by atoms with Crippen molar-refractivity contribution in [3.05, 3.63) is 136 Å². The molecule has 45 heavy (non-hydrogen) atoms. The van der Waals surface area contributed by atoms with Crippen LogP contribution < -0.4 is 9.47 Å². The zero-order valence-electron chi connectivity index (χ0n) is 24.9. The molecular weight excluding hydrogens is 592 g/mol. The molecule has 0 aromatic heterocycles. The van der Waals surface area contributed by atoms with Gasteiger partial charge < -0.3 is 15.0 Å². The highest BCUT2D eigenvalue weighted by molar-refractivity contribution is 8.08. The largest absolute Gasteiger partial charge is 0.451 e. The Hall–Kier alpha value is -5.44. The first-order chi connectivity index (χ1) is 21.4. The molecule has 0 aliphatic carbocycles. The molecule has 0 unspecified atom stereocenters. The lowest BCUT2D eigenvalue weighted by atomic mass is 10.0. The van der Waals surface area contributed by atoms with Gasteiger partial charge in [0.05, 0.1) is 16.0 Å². The van der Waals surface area contributed by atoms with Crippen molar-refractivity contribution in [3.8, 4) is 11.5 Å². The van der Waals surface area contributed by atoms with Gasteiger partial charge in [-0.3, -0.25) is 4.79 Å². The van der Waals surface area contributed by atoms with Gasteiger partial charge in [-0.25, -0.2) is 18.0 Å². The molecule has 10 heteroatoms. The number of nitrogens with zero attached hydrogens (tertiary/aromatic N) is 2. The summed E-state index contributed by atoms with van der Waals surface area (Å²) in [6.07, 6.45) is -0.361. The van der Waals surface area contributed by atoms with Crippen LogP contribution in [-0.2, 0) is 14.6 Å². The minimum absolute atomic E-state index is 0.0194. The Kier molecular flexibility index (Phi) is 10.0. The van der Waals surface area contributed by atoms with E-state index in [0.717, 1.165) is 5.56 Å². The molecule has 0 atom stereocenters. The molecule has 0 spiro atoms. The van der Waals surface area contributed by atoms with Crippen molar-refractivity contribution in [2.75, 3.05) is 0 Å². The second kappa shape index (κ2) is 13.9. The number of aryl methyl sites for hydroxylation is 3.